The molecule has 0 aromatic carbocycles. The average Bonchev–Trinajstić information content (AvgIpc) is 2.56. The summed E-state index contributed by atoms with van der Waals surface area (Å²) in [5, 5.41) is 0. The molecule has 1 atom stereocenters. The van der Waals surface area contributed by atoms with Gasteiger partial charge in [0.25, 0.3) is 0 Å². The van der Waals surface area contributed by atoms with Gasteiger partial charge in [0.1, 0.15) is 6.04 Å². The van der Waals surface area contributed by atoms with E-state index in [-0.39, 0.29) is 30.1 Å². The Morgan fingerprint density at radius 3 is 2.47 bits per heavy atom. The molecule has 0 radical (unpaired) electrons. The molecule has 0 saturated carbocycles. The molecule has 1 aliphatic heterocycles. The van der Waals surface area contributed by atoms with Crippen molar-refractivity contribution in [3.8, 4) is 0 Å². The van der Waals surface area contributed by atoms with Crippen molar-refractivity contribution >= 4 is 17.7 Å². The van der Waals surface area contributed by atoms with E-state index in [0.717, 1.165) is 0 Å². The van der Waals surface area contributed by atoms with E-state index >= 15 is 0 Å². The van der Waals surface area contributed by atoms with Gasteiger partial charge in [-0.3, -0.25) is 9.59 Å². The van der Waals surface area contributed by atoms with Crippen LogP contribution in [0.1, 0.15) is 33.6 Å². The Kier molecular flexibility index (Phi) is 3.91. The van der Waals surface area contributed by atoms with Crippen LogP contribution in [0.2, 0.25) is 0 Å². The minimum Gasteiger partial charge on any atom is -0.467 e. The Bertz CT molecular complexity index is 343. The summed E-state index contributed by atoms with van der Waals surface area (Å²) in [6, 6.07) is -0.734. The van der Waals surface area contributed by atoms with Crippen LogP contribution >= 0.6 is 0 Å². The van der Waals surface area contributed by atoms with Crippen LogP contribution in [0.25, 0.3) is 0 Å². The minimum atomic E-state index is -0.734. The minimum absolute atomic E-state index is 0.0225. The molecule has 1 rings (SSSR count). The van der Waals surface area contributed by atoms with E-state index < -0.39 is 12.0 Å². The van der Waals surface area contributed by atoms with Gasteiger partial charge >= 0.3 is 5.97 Å². The highest BCUT2D eigenvalue weighted by atomic mass is 16.5. The number of ether oxygens (including phenoxy) is 1. The molecule has 1 aliphatic rings. The molecule has 0 bridgehead atoms. The van der Waals surface area contributed by atoms with Crippen LogP contribution in [0.3, 0.4) is 0 Å². The maximum atomic E-state index is 12.0. The van der Waals surface area contributed by atoms with E-state index in [1.54, 1.807) is 0 Å². The van der Waals surface area contributed by atoms with Gasteiger partial charge in [-0.25, -0.2) is 4.79 Å². The summed E-state index contributed by atoms with van der Waals surface area (Å²) in [6.45, 7) is 5.84. The van der Waals surface area contributed by atoms with Gasteiger partial charge in [0.15, 0.2) is 5.78 Å². The molecule has 0 aromatic rings. The van der Waals surface area contributed by atoms with Gasteiger partial charge < -0.3 is 9.64 Å². The number of methoxy groups -OCH3 is 1. The lowest BCUT2D eigenvalue weighted by Crippen LogP contribution is -2.42. The van der Waals surface area contributed by atoms with Crippen LogP contribution < -0.4 is 0 Å². The first-order valence-electron chi connectivity index (χ1n) is 5.63. The van der Waals surface area contributed by atoms with Crippen LogP contribution in [-0.4, -0.2) is 42.3 Å². The third kappa shape index (κ3) is 3.54. The molecule has 0 aromatic heterocycles. The van der Waals surface area contributed by atoms with Gasteiger partial charge in [-0.15, -0.1) is 0 Å². The Labute approximate surface area is 101 Å². The lowest BCUT2D eigenvalue weighted by molar-refractivity contribution is -0.151. The number of esters is 1. The number of nitrogens with zero attached hydrogens (tertiary/aromatic N) is 1. The molecule has 0 spiro atoms. The molecule has 5 heteroatoms. The van der Waals surface area contributed by atoms with E-state index in [0.29, 0.717) is 6.42 Å². The number of carbonyl (C=O) groups excluding carboxylic acids is 3. The molecule has 0 unspecified atom stereocenters. The SMILES string of the molecule is COC(=O)[C@@H]1CC(=O)CN1C(=O)CC(C)(C)C. The standard InChI is InChI=1S/C12H19NO4/c1-12(2,3)6-10(15)13-7-8(14)5-9(13)11(16)17-4/h9H,5-7H2,1-4H3/t9-/m0/s1. The molecule has 1 fully saturated rings. The molecular weight excluding hydrogens is 222 g/mol. The highest BCUT2D eigenvalue weighted by Gasteiger charge is 2.40. The van der Waals surface area contributed by atoms with E-state index in [1.807, 2.05) is 20.8 Å². The Balaban J connectivity index is 2.77. The number of hydrogen-bond donors (Lipinski definition) is 0. The summed E-state index contributed by atoms with van der Waals surface area (Å²) in [5.74, 6) is -0.778. The Morgan fingerprint density at radius 2 is 2.00 bits per heavy atom. The molecule has 1 saturated heterocycles. The first-order valence-corrected chi connectivity index (χ1v) is 5.63. The first kappa shape index (κ1) is 13.7. The molecule has 5 nitrogen and oxygen atoms in total. The highest BCUT2D eigenvalue weighted by molar-refractivity contribution is 5.97. The van der Waals surface area contributed by atoms with Crippen molar-refractivity contribution in [3.05, 3.63) is 0 Å². The summed E-state index contributed by atoms with van der Waals surface area (Å²) < 4.78 is 4.61. The van der Waals surface area contributed by atoms with Gasteiger partial charge in [0.05, 0.1) is 13.7 Å². The number of carbonyl (C=O) groups is 3. The molecule has 0 N–H and O–H groups in total. The second kappa shape index (κ2) is 4.85. The molecular formula is C12H19NO4. The van der Waals surface area contributed by atoms with E-state index in [2.05, 4.69) is 4.74 Å². The maximum absolute atomic E-state index is 12.0. The second-order valence-corrected chi connectivity index (χ2v) is 5.54. The van der Waals surface area contributed by atoms with E-state index in [9.17, 15) is 14.4 Å². The zero-order chi connectivity index (χ0) is 13.2. The third-order valence-electron chi connectivity index (χ3n) is 2.62. The fourth-order valence-electron chi connectivity index (χ4n) is 1.85. The largest absolute Gasteiger partial charge is 0.467 e. The lowest BCUT2D eigenvalue weighted by Gasteiger charge is -2.25. The van der Waals surface area contributed by atoms with Gasteiger partial charge in [0, 0.05) is 12.8 Å². The number of likely N-dealkylation sites (tertiary alicyclic amines) is 1. The summed E-state index contributed by atoms with van der Waals surface area (Å²) >= 11 is 0. The number of amides is 1. The van der Waals surface area contributed by atoms with E-state index in [4.69, 9.17) is 0 Å². The predicted octanol–water partition coefficient (Wildman–Crippen LogP) is 0.766. The van der Waals surface area contributed by atoms with Crippen molar-refractivity contribution in [2.75, 3.05) is 13.7 Å². The van der Waals surface area contributed by atoms with Crippen molar-refractivity contribution in [2.45, 2.75) is 39.7 Å². The summed E-state index contributed by atoms with van der Waals surface area (Å²) in [6.07, 6.45) is 0.385. The Morgan fingerprint density at radius 1 is 1.41 bits per heavy atom. The third-order valence-corrected chi connectivity index (χ3v) is 2.62. The van der Waals surface area contributed by atoms with Crippen molar-refractivity contribution in [2.24, 2.45) is 5.41 Å². The highest BCUT2D eigenvalue weighted by Crippen LogP contribution is 2.24. The van der Waals surface area contributed by atoms with Crippen molar-refractivity contribution in [3.63, 3.8) is 0 Å². The molecule has 17 heavy (non-hydrogen) atoms. The summed E-state index contributed by atoms with van der Waals surface area (Å²) in [7, 11) is 1.26. The predicted molar refractivity (Wildman–Crippen MR) is 61.2 cm³/mol. The summed E-state index contributed by atoms with van der Waals surface area (Å²) in [4.78, 5) is 36.2. The fraction of sp³-hybridized carbons (Fsp3) is 0.750. The number of ketones is 1. The lowest BCUT2D eigenvalue weighted by atomic mass is 9.91. The molecule has 0 aliphatic carbocycles. The van der Waals surface area contributed by atoms with Crippen LogP contribution in [0, 0.1) is 5.41 Å². The number of rotatable bonds is 2. The molecule has 1 heterocycles. The fourth-order valence-corrected chi connectivity index (χ4v) is 1.85. The zero-order valence-electron chi connectivity index (χ0n) is 10.8. The topological polar surface area (TPSA) is 63.7 Å². The molecule has 1 amide bonds. The number of Topliss-reactive ketones (excluding diaryl/α,β-unsaturated/α-hetero) is 1. The normalized spacial score (nSPS) is 20.6. The van der Waals surface area contributed by atoms with Crippen LogP contribution in [0.15, 0.2) is 0 Å². The maximum Gasteiger partial charge on any atom is 0.329 e. The van der Waals surface area contributed by atoms with Crippen molar-refractivity contribution in [1.82, 2.24) is 4.90 Å². The van der Waals surface area contributed by atoms with Crippen molar-refractivity contribution < 1.29 is 19.1 Å². The first-order chi connectivity index (χ1) is 7.74. The average molecular weight is 241 g/mol. The molecule has 96 valence electrons. The van der Waals surface area contributed by atoms with Gasteiger partial charge in [-0.1, -0.05) is 20.8 Å². The van der Waals surface area contributed by atoms with Crippen LogP contribution in [-0.2, 0) is 19.1 Å². The quantitative estimate of drug-likeness (QED) is 0.670. The summed E-state index contributed by atoms with van der Waals surface area (Å²) in [5.41, 5.74) is -0.163. The van der Waals surface area contributed by atoms with Crippen molar-refractivity contribution in [1.29, 1.82) is 0 Å². The van der Waals surface area contributed by atoms with Crippen LogP contribution in [0.4, 0.5) is 0 Å². The van der Waals surface area contributed by atoms with Gasteiger partial charge in [-0.2, -0.15) is 0 Å². The second-order valence-electron chi connectivity index (χ2n) is 5.54. The van der Waals surface area contributed by atoms with E-state index in [1.165, 1.54) is 12.0 Å². The monoisotopic (exact) mass is 241 g/mol. The van der Waals surface area contributed by atoms with Crippen LogP contribution in [0.5, 0.6) is 0 Å². The smallest absolute Gasteiger partial charge is 0.329 e. The van der Waals surface area contributed by atoms with Gasteiger partial charge in [-0.05, 0) is 5.41 Å². The van der Waals surface area contributed by atoms with Gasteiger partial charge in [0.2, 0.25) is 5.91 Å². The Hall–Kier alpha value is -1.39. The zero-order valence-corrected chi connectivity index (χ0v) is 10.8. The number of hydrogen-bond acceptors (Lipinski definition) is 4.